The van der Waals surface area contributed by atoms with Crippen molar-refractivity contribution in [1.29, 1.82) is 0 Å². The van der Waals surface area contributed by atoms with Crippen LogP contribution >= 0.6 is 23.2 Å². The van der Waals surface area contributed by atoms with Crippen LogP contribution in [0.15, 0.2) is 35.3 Å². The first-order valence-electron chi connectivity index (χ1n) is 6.95. The number of hydrogen-bond acceptors (Lipinski definition) is 1. The molecule has 1 nitrogen and oxygen atoms in total. The minimum atomic E-state index is -0.0775. The second kappa shape index (κ2) is 6.64. The smallest absolute Gasteiger partial charge is 0.0750 e. The summed E-state index contributed by atoms with van der Waals surface area (Å²) in [6, 6.07) is 9.79. The van der Waals surface area contributed by atoms with Crippen molar-refractivity contribution in [2.75, 3.05) is 0 Å². The normalized spacial score (nSPS) is 12.9. The Balaban J connectivity index is 2.34. The quantitative estimate of drug-likeness (QED) is 0.606. The van der Waals surface area contributed by atoms with Crippen LogP contribution in [0, 0.1) is 20.8 Å². The van der Waals surface area contributed by atoms with Crippen molar-refractivity contribution < 1.29 is 0 Å². The fourth-order valence-corrected chi connectivity index (χ4v) is 3.28. The van der Waals surface area contributed by atoms with E-state index in [0.717, 1.165) is 11.1 Å². The van der Waals surface area contributed by atoms with Crippen LogP contribution in [-0.4, -0.2) is 6.21 Å². The zero-order chi connectivity index (χ0) is 15.6. The van der Waals surface area contributed by atoms with E-state index in [9.17, 15) is 0 Å². The Hall–Kier alpha value is -1.31. The molecule has 21 heavy (non-hydrogen) atoms. The van der Waals surface area contributed by atoms with Crippen molar-refractivity contribution in [2.45, 2.75) is 33.7 Å². The number of benzene rings is 2. The molecule has 110 valence electrons. The summed E-state index contributed by atoms with van der Waals surface area (Å²) in [5.74, 6) is 0. The van der Waals surface area contributed by atoms with Crippen LogP contribution in [-0.2, 0) is 0 Å². The SMILES string of the molecule is Cc1cc(C)c(/C=N\C(C)c2c(Cl)cccc2Cl)c(C)c1. The second-order valence-corrected chi connectivity index (χ2v) is 6.22. The Bertz CT molecular complexity index is 646. The minimum absolute atomic E-state index is 0.0775. The zero-order valence-corrected chi connectivity index (χ0v) is 14.3. The predicted octanol–water partition coefficient (Wildman–Crippen LogP) is 6.10. The molecule has 0 aliphatic heterocycles. The zero-order valence-electron chi connectivity index (χ0n) is 12.7. The summed E-state index contributed by atoms with van der Waals surface area (Å²) in [7, 11) is 0. The molecule has 0 saturated carbocycles. The molecule has 0 aliphatic rings. The molecule has 0 radical (unpaired) electrons. The summed E-state index contributed by atoms with van der Waals surface area (Å²) >= 11 is 12.5. The summed E-state index contributed by atoms with van der Waals surface area (Å²) in [6.45, 7) is 8.32. The maximum absolute atomic E-state index is 6.23. The van der Waals surface area contributed by atoms with E-state index in [1.165, 1.54) is 16.7 Å². The van der Waals surface area contributed by atoms with Crippen LogP contribution in [0.2, 0.25) is 10.0 Å². The lowest BCUT2D eigenvalue weighted by Gasteiger charge is -2.12. The largest absolute Gasteiger partial charge is 0.285 e. The van der Waals surface area contributed by atoms with Gasteiger partial charge in [-0.15, -0.1) is 0 Å². The lowest BCUT2D eigenvalue weighted by atomic mass is 10.0. The third kappa shape index (κ3) is 3.66. The molecule has 0 fully saturated rings. The monoisotopic (exact) mass is 319 g/mol. The van der Waals surface area contributed by atoms with Gasteiger partial charge in [0.25, 0.3) is 0 Å². The van der Waals surface area contributed by atoms with Crippen molar-refractivity contribution in [3.8, 4) is 0 Å². The maximum Gasteiger partial charge on any atom is 0.0750 e. The Kier molecular flexibility index (Phi) is 5.08. The predicted molar refractivity (Wildman–Crippen MR) is 93.1 cm³/mol. The summed E-state index contributed by atoms with van der Waals surface area (Å²) in [4.78, 5) is 4.64. The van der Waals surface area contributed by atoms with Gasteiger partial charge in [-0.1, -0.05) is 47.0 Å². The van der Waals surface area contributed by atoms with Crippen LogP contribution in [0.3, 0.4) is 0 Å². The molecule has 0 N–H and O–H groups in total. The fraction of sp³-hybridized carbons (Fsp3) is 0.278. The van der Waals surface area contributed by atoms with E-state index in [-0.39, 0.29) is 6.04 Å². The van der Waals surface area contributed by atoms with Crippen LogP contribution in [0.25, 0.3) is 0 Å². The summed E-state index contributed by atoms with van der Waals surface area (Å²) < 4.78 is 0. The summed E-state index contributed by atoms with van der Waals surface area (Å²) in [6.07, 6.45) is 1.93. The number of hydrogen-bond donors (Lipinski definition) is 0. The molecule has 0 heterocycles. The van der Waals surface area contributed by atoms with E-state index in [4.69, 9.17) is 23.2 Å². The van der Waals surface area contributed by atoms with E-state index < -0.39 is 0 Å². The standard InChI is InChI=1S/C18H19Cl2N/c1-11-8-12(2)15(13(3)9-11)10-21-14(4)18-16(19)6-5-7-17(18)20/h5-10,14H,1-4H3/b21-10-. The fourth-order valence-electron chi connectivity index (χ4n) is 2.57. The molecule has 3 heteroatoms. The van der Waals surface area contributed by atoms with Crippen LogP contribution in [0.4, 0.5) is 0 Å². The molecule has 2 aromatic carbocycles. The van der Waals surface area contributed by atoms with Crippen molar-refractivity contribution >= 4 is 29.4 Å². The topological polar surface area (TPSA) is 12.4 Å². The van der Waals surface area contributed by atoms with Crippen LogP contribution < -0.4 is 0 Å². The van der Waals surface area contributed by atoms with Gasteiger partial charge in [-0.3, -0.25) is 4.99 Å². The van der Waals surface area contributed by atoms with E-state index in [0.29, 0.717) is 10.0 Å². The molecule has 0 spiro atoms. The van der Waals surface area contributed by atoms with Gasteiger partial charge in [0.15, 0.2) is 0 Å². The van der Waals surface area contributed by atoms with Gasteiger partial charge in [-0.05, 0) is 56.5 Å². The molecule has 1 unspecified atom stereocenters. The maximum atomic E-state index is 6.23. The first-order chi connectivity index (χ1) is 9.90. The summed E-state index contributed by atoms with van der Waals surface area (Å²) in [5.41, 5.74) is 5.77. The lowest BCUT2D eigenvalue weighted by Crippen LogP contribution is -1.97. The Morgan fingerprint density at radius 2 is 1.52 bits per heavy atom. The molecule has 2 rings (SSSR count). The van der Waals surface area contributed by atoms with E-state index >= 15 is 0 Å². The molecule has 0 saturated heterocycles. The molecule has 1 atom stereocenters. The first kappa shape index (κ1) is 16.1. The number of aliphatic imine (C=N–C) groups is 1. The minimum Gasteiger partial charge on any atom is -0.285 e. The molecule has 0 aromatic heterocycles. The van der Waals surface area contributed by atoms with Crippen LogP contribution in [0.5, 0.6) is 0 Å². The summed E-state index contributed by atoms with van der Waals surface area (Å²) in [5, 5.41) is 1.31. The number of halogens is 2. The van der Waals surface area contributed by atoms with Gasteiger partial charge in [-0.25, -0.2) is 0 Å². The molecule has 0 amide bonds. The molecule has 0 bridgehead atoms. The van der Waals surface area contributed by atoms with Gasteiger partial charge in [0.1, 0.15) is 0 Å². The van der Waals surface area contributed by atoms with Crippen molar-refractivity contribution in [3.05, 3.63) is 68.2 Å². The highest BCUT2D eigenvalue weighted by Crippen LogP contribution is 2.32. The van der Waals surface area contributed by atoms with E-state index in [1.807, 2.05) is 31.3 Å². The van der Waals surface area contributed by atoms with Crippen molar-refractivity contribution in [2.24, 2.45) is 4.99 Å². The van der Waals surface area contributed by atoms with Gasteiger partial charge in [0.05, 0.1) is 6.04 Å². The number of nitrogens with zero attached hydrogens (tertiary/aromatic N) is 1. The number of rotatable bonds is 3. The Morgan fingerprint density at radius 1 is 1.00 bits per heavy atom. The van der Waals surface area contributed by atoms with Gasteiger partial charge < -0.3 is 0 Å². The molecular weight excluding hydrogens is 301 g/mol. The average Bonchev–Trinajstić information content (AvgIpc) is 2.37. The molecule has 2 aromatic rings. The van der Waals surface area contributed by atoms with Crippen LogP contribution in [0.1, 0.15) is 40.8 Å². The van der Waals surface area contributed by atoms with Gasteiger partial charge in [0.2, 0.25) is 0 Å². The highest BCUT2D eigenvalue weighted by Gasteiger charge is 2.12. The lowest BCUT2D eigenvalue weighted by molar-refractivity contribution is 0.825. The molecular formula is C18H19Cl2N. The number of aryl methyl sites for hydroxylation is 3. The van der Waals surface area contributed by atoms with Gasteiger partial charge in [-0.2, -0.15) is 0 Å². The Morgan fingerprint density at radius 3 is 2.05 bits per heavy atom. The van der Waals surface area contributed by atoms with Gasteiger partial charge in [0, 0.05) is 21.8 Å². The third-order valence-corrected chi connectivity index (χ3v) is 4.24. The van der Waals surface area contributed by atoms with Crippen molar-refractivity contribution in [3.63, 3.8) is 0 Å². The van der Waals surface area contributed by atoms with E-state index in [1.54, 1.807) is 0 Å². The molecule has 0 aliphatic carbocycles. The third-order valence-electron chi connectivity index (χ3n) is 3.58. The van der Waals surface area contributed by atoms with E-state index in [2.05, 4.69) is 37.9 Å². The second-order valence-electron chi connectivity index (χ2n) is 5.40. The van der Waals surface area contributed by atoms with Crippen molar-refractivity contribution in [1.82, 2.24) is 0 Å². The first-order valence-corrected chi connectivity index (χ1v) is 7.70. The van der Waals surface area contributed by atoms with Gasteiger partial charge >= 0.3 is 0 Å². The Labute approximate surface area is 136 Å². The average molecular weight is 320 g/mol. The highest BCUT2D eigenvalue weighted by molar-refractivity contribution is 6.36. The highest BCUT2D eigenvalue weighted by atomic mass is 35.5.